The summed E-state index contributed by atoms with van der Waals surface area (Å²) >= 11 is 0. The van der Waals surface area contributed by atoms with Gasteiger partial charge in [0.1, 0.15) is 11.7 Å². The summed E-state index contributed by atoms with van der Waals surface area (Å²) in [6.45, 7) is 8.76. The van der Waals surface area contributed by atoms with E-state index < -0.39 is 23.6 Å². The van der Waals surface area contributed by atoms with Crippen molar-refractivity contribution in [2.45, 2.75) is 65.3 Å². The topological polar surface area (TPSA) is 72.8 Å². The maximum Gasteiger partial charge on any atom is 0.330 e. The molecule has 0 radical (unpaired) electrons. The van der Waals surface area contributed by atoms with Gasteiger partial charge in [-0.15, -0.1) is 0 Å². The minimum absolute atomic E-state index is 0.340. The van der Waals surface area contributed by atoms with Gasteiger partial charge in [-0.3, -0.25) is 0 Å². The van der Waals surface area contributed by atoms with Crippen LogP contribution in [0.3, 0.4) is 0 Å². The first-order valence-corrected chi connectivity index (χ1v) is 7.05. The van der Waals surface area contributed by atoms with Gasteiger partial charge in [0.2, 0.25) is 0 Å². The Labute approximate surface area is 126 Å². The number of esters is 2. The first-order valence-electron chi connectivity index (χ1n) is 7.05. The lowest BCUT2D eigenvalue weighted by molar-refractivity contribution is -0.148. The van der Waals surface area contributed by atoms with Crippen LogP contribution in [-0.4, -0.2) is 34.9 Å². The van der Waals surface area contributed by atoms with Gasteiger partial charge in [0, 0.05) is 18.6 Å². The molecule has 0 amide bonds. The van der Waals surface area contributed by atoms with Gasteiger partial charge in [0.25, 0.3) is 0 Å². The van der Waals surface area contributed by atoms with Gasteiger partial charge in [0.05, 0.1) is 6.10 Å². The van der Waals surface area contributed by atoms with Crippen molar-refractivity contribution in [3.63, 3.8) is 0 Å². The first-order chi connectivity index (χ1) is 9.60. The molecule has 0 rings (SSSR count). The smallest absolute Gasteiger partial charge is 0.330 e. The molecule has 5 nitrogen and oxygen atoms in total. The molecule has 5 heteroatoms. The van der Waals surface area contributed by atoms with Gasteiger partial charge < -0.3 is 14.6 Å². The summed E-state index contributed by atoms with van der Waals surface area (Å²) in [6.07, 6.45) is 5.81. The summed E-state index contributed by atoms with van der Waals surface area (Å²) in [5, 5.41) is 9.04. The first kappa shape index (κ1) is 19.4. The highest BCUT2D eigenvalue weighted by molar-refractivity contribution is 5.82. The molecule has 0 aromatic rings. The van der Waals surface area contributed by atoms with Crippen molar-refractivity contribution in [1.29, 1.82) is 0 Å². The van der Waals surface area contributed by atoms with Crippen LogP contribution in [0.25, 0.3) is 0 Å². The molecule has 1 N–H and O–H groups in total. The van der Waals surface area contributed by atoms with E-state index in [1.807, 2.05) is 0 Å². The second-order valence-corrected chi connectivity index (χ2v) is 5.91. The molecule has 2 unspecified atom stereocenters. The van der Waals surface area contributed by atoms with E-state index >= 15 is 0 Å². The zero-order valence-corrected chi connectivity index (χ0v) is 13.5. The van der Waals surface area contributed by atoms with Gasteiger partial charge in [-0.05, 0) is 41.0 Å². The van der Waals surface area contributed by atoms with Crippen LogP contribution < -0.4 is 0 Å². The molecule has 120 valence electrons. The summed E-state index contributed by atoms with van der Waals surface area (Å²) in [6, 6.07) is 0. The molecule has 0 aromatic carbocycles. The second-order valence-electron chi connectivity index (χ2n) is 5.91. The fraction of sp³-hybridized carbons (Fsp3) is 0.625. The van der Waals surface area contributed by atoms with Crippen molar-refractivity contribution in [3.8, 4) is 0 Å². The predicted octanol–water partition coefficient (Wildman–Crippen LogP) is 2.53. The van der Waals surface area contributed by atoms with Gasteiger partial charge in [0.15, 0.2) is 0 Å². The number of hydrogen-bond donors (Lipinski definition) is 1. The van der Waals surface area contributed by atoms with Crippen LogP contribution in [0.5, 0.6) is 0 Å². The van der Waals surface area contributed by atoms with Crippen molar-refractivity contribution in [2.75, 3.05) is 0 Å². The molecule has 2 atom stereocenters. The van der Waals surface area contributed by atoms with Crippen molar-refractivity contribution in [1.82, 2.24) is 0 Å². The Morgan fingerprint density at radius 2 is 1.57 bits per heavy atom. The predicted molar refractivity (Wildman–Crippen MR) is 80.6 cm³/mol. The fourth-order valence-electron chi connectivity index (χ4n) is 1.34. The highest BCUT2D eigenvalue weighted by Gasteiger charge is 2.14. The molecule has 21 heavy (non-hydrogen) atoms. The standard InChI is InChI=1S/C16H26O5/c1-12(17)8-6-10-14(18)20-13(2)9-7-11-15(19)21-16(3,4)5/h6-7,10-13,17H,8-9H2,1-5H3. The van der Waals surface area contributed by atoms with Gasteiger partial charge in [-0.25, -0.2) is 9.59 Å². The SMILES string of the molecule is CC(O)CC=CC(=O)OC(C)CC=CC(=O)OC(C)(C)C. The van der Waals surface area contributed by atoms with E-state index in [9.17, 15) is 9.59 Å². The lowest BCUT2D eigenvalue weighted by atomic mass is 10.2. The summed E-state index contributed by atoms with van der Waals surface area (Å²) in [5.41, 5.74) is -0.520. The minimum atomic E-state index is -0.520. The van der Waals surface area contributed by atoms with Crippen molar-refractivity contribution >= 4 is 11.9 Å². The van der Waals surface area contributed by atoms with Crippen LogP contribution in [0, 0.1) is 0 Å². The molecule has 0 heterocycles. The van der Waals surface area contributed by atoms with Crippen LogP contribution in [0.1, 0.15) is 47.5 Å². The molecule has 0 bridgehead atoms. The third-order valence-electron chi connectivity index (χ3n) is 2.18. The Balaban J connectivity index is 4.04. The summed E-state index contributed by atoms with van der Waals surface area (Å²) in [7, 11) is 0. The number of aliphatic hydroxyl groups is 1. The van der Waals surface area contributed by atoms with Crippen LogP contribution in [-0.2, 0) is 19.1 Å². The van der Waals surface area contributed by atoms with Crippen molar-refractivity contribution < 1.29 is 24.2 Å². The average molecular weight is 298 g/mol. The summed E-state index contributed by atoms with van der Waals surface area (Å²) in [4.78, 5) is 22.8. The molecular formula is C16H26O5. The van der Waals surface area contributed by atoms with E-state index in [1.54, 1.807) is 46.8 Å². The van der Waals surface area contributed by atoms with Gasteiger partial charge >= 0.3 is 11.9 Å². The van der Waals surface area contributed by atoms with Gasteiger partial charge in [-0.1, -0.05) is 12.2 Å². The summed E-state index contributed by atoms with van der Waals surface area (Å²) in [5.74, 6) is -0.883. The third-order valence-corrected chi connectivity index (χ3v) is 2.18. The Bertz CT molecular complexity index is 388. The molecule has 0 aliphatic rings. The molecule has 0 aliphatic carbocycles. The fourth-order valence-corrected chi connectivity index (χ4v) is 1.34. The van der Waals surface area contributed by atoms with Crippen molar-refractivity contribution in [2.24, 2.45) is 0 Å². The number of hydrogen-bond acceptors (Lipinski definition) is 5. The Hall–Kier alpha value is -1.62. The maximum atomic E-state index is 11.4. The minimum Gasteiger partial charge on any atom is -0.459 e. The maximum absolute atomic E-state index is 11.4. The Morgan fingerprint density at radius 1 is 1.05 bits per heavy atom. The van der Waals surface area contributed by atoms with Gasteiger partial charge in [-0.2, -0.15) is 0 Å². The molecule has 0 fully saturated rings. The Kier molecular flexibility index (Phi) is 8.62. The quantitative estimate of drug-likeness (QED) is 0.577. The molecule has 0 saturated heterocycles. The average Bonchev–Trinajstić information content (AvgIpc) is 2.25. The van der Waals surface area contributed by atoms with Crippen LogP contribution in [0.15, 0.2) is 24.3 Å². The lowest BCUT2D eigenvalue weighted by Crippen LogP contribution is -2.22. The zero-order chi connectivity index (χ0) is 16.5. The largest absolute Gasteiger partial charge is 0.459 e. The van der Waals surface area contributed by atoms with Crippen LogP contribution in [0.2, 0.25) is 0 Å². The zero-order valence-electron chi connectivity index (χ0n) is 13.5. The number of ether oxygens (including phenoxy) is 2. The lowest BCUT2D eigenvalue weighted by Gasteiger charge is -2.18. The normalized spacial score (nSPS) is 15.1. The number of rotatable bonds is 7. The van der Waals surface area contributed by atoms with E-state index in [2.05, 4.69) is 0 Å². The Morgan fingerprint density at radius 3 is 2.10 bits per heavy atom. The van der Waals surface area contributed by atoms with E-state index in [0.29, 0.717) is 12.8 Å². The third kappa shape index (κ3) is 13.1. The van der Waals surface area contributed by atoms with Crippen molar-refractivity contribution in [3.05, 3.63) is 24.3 Å². The van der Waals surface area contributed by atoms with E-state index in [-0.39, 0.29) is 6.10 Å². The number of aliphatic hydroxyl groups excluding tert-OH is 1. The van der Waals surface area contributed by atoms with E-state index in [4.69, 9.17) is 14.6 Å². The highest BCUT2D eigenvalue weighted by Crippen LogP contribution is 2.08. The number of carbonyl (C=O) groups excluding carboxylic acids is 2. The highest BCUT2D eigenvalue weighted by atomic mass is 16.6. The van der Waals surface area contributed by atoms with E-state index in [0.717, 1.165) is 0 Å². The molecule has 0 aliphatic heterocycles. The van der Waals surface area contributed by atoms with Crippen LogP contribution in [0.4, 0.5) is 0 Å². The van der Waals surface area contributed by atoms with E-state index in [1.165, 1.54) is 12.2 Å². The molecule has 0 spiro atoms. The second kappa shape index (κ2) is 9.34. The summed E-state index contributed by atoms with van der Waals surface area (Å²) < 4.78 is 10.2. The number of carbonyl (C=O) groups is 2. The molecule has 0 aromatic heterocycles. The van der Waals surface area contributed by atoms with Crippen LogP contribution >= 0.6 is 0 Å². The molecule has 0 saturated carbocycles. The monoisotopic (exact) mass is 298 g/mol. The molecular weight excluding hydrogens is 272 g/mol.